The van der Waals surface area contributed by atoms with Gasteiger partial charge in [-0.2, -0.15) is 0 Å². The first-order valence-electron chi connectivity index (χ1n) is 6.39. The first-order chi connectivity index (χ1) is 10.1. The number of benzene rings is 2. The fraction of sp³-hybridized carbons (Fsp3) is 0.125. The van der Waals surface area contributed by atoms with Gasteiger partial charge in [-0.1, -0.05) is 41.9 Å². The van der Waals surface area contributed by atoms with E-state index in [0.717, 1.165) is 0 Å². The molecule has 1 atom stereocenters. The molecule has 0 fully saturated rings. The molecule has 0 heterocycles. The predicted molar refractivity (Wildman–Crippen MR) is 81.4 cm³/mol. The Morgan fingerprint density at radius 2 is 1.67 bits per heavy atom. The number of para-hydroxylation sites is 1. The summed E-state index contributed by atoms with van der Waals surface area (Å²) in [6.45, 7) is 1.51. The fourth-order valence-electron chi connectivity index (χ4n) is 1.65. The van der Waals surface area contributed by atoms with Gasteiger partial charge in [-0.25, -0.2) is 4.79 Å². The second kappa shape index (κ2) is 6.90. The fourth-order valence-corrected chi connectivity index (χ4v) is 1.84. The lowest BCUT2D eigenvalue weighted by molar-refractivity contribution is -0.123. The van der Waals surface area contributed by atoms with Gasteiger partial charge in [0.05, 0.1) is 16.3 Å². The third-order valence-corrected chi connectivity index (χ3v) is 3.12. The molecule has 0 aliphatic carbocycles. The first kappa shape index (κ1) is 15.1. The maximum absolute atomic E-state index is 12.0. The van der Waals surface area contributed by atoms with Gasteiger partial charge < -0.3 is 10.1 Å². The number of carbonyl (C=O) groups excluding carboxylic acids is 2. The van der Waals surface area contributed by atoms with E-state index in [1.807, 2.05) is 0 Å². The maximum atomic E-state index is 12.0. The van der Waals surface area contributed by atoms with Gasteiger partial charge in [0, 0.05) is 0 Å². The van der Waals surface area contributed by atoms with Gasteiger partial charge in [-0.15, -0.1) is 0 Å². The van der Waals surface area contributed by atoms with Crippen LogP contribution in [0.2, 0.25) is 5.02 Å². The second-order valence-corrected chi connectivity index (χ2v) is 4.79. The molecule has 0 saturated carbocycles. The Hall–Kier alpha value is -2.33. The van der Waals surface area contributed by atoms with Gasteiger partial charge in [-0.05, 0) is 31.2 Å². The van der Waals surface area contributed by atoms with Crippen molar-refractivity contribution < 1.29 is 14.3 Å². The summed E-state index contributed by atoms with van der Waals surface area (Å²) in [5.41, 5.74) is 0.877. The molecule has 2 rings (SSSR count). The van der Waals surface area contributed by atoms with Crippen molar-refractivity contribution >= 4 is 29.2 Å². The second-order valence-electron chi connectivity index (χ2n) is 4.38. The molecule has 5 heteroatoms. The third-order valence-electron chi connectivity index (χ3n) is 2.79. The van der Waals surface area contributed by atoms with Crippen LogP contribution in [0.3, 0.4) is 0 Å². The maximum Gasteiger partial charge on any atom is 0.338 e. The van der Waals surface area contributed by atoms with Crippen LogP contribution < -0.4 is 5.32 Å². The van der Waals surface area contributed by atoms with E-state index < -0.39 is 18.0 Å². The molecule has 0 saturated heterocycles. The summed E-state index contributed by atoms with van der Waals surface area (Å²) in [5.74, 6) is -0.982. The topological polar surface area (TPSA) is 55.4 Å². The van der Waals surface area contributed by atoms with Crippen molar-refractivity contribution in [2.45, 2.75) is 13.0 Å². The molecule has 0 unspecified atom stereocenters. The average molecular weight is 304 g/mol. The first-order valence-corrected chi connectivity index (χ1v) is 6.77. The summed E-state index contributed by atoms with van der Waals surface area (Å²) < 4.78 is 5.12. The molecule has 1 amide bonds. The lowest BCUT2D eigenvalue weighted by Crippen LogP contribution is -2.30. The quantitative estimate of drug-likeness (QED) is 0.879. The minimum Gasteiger partial charge on any atom is -0.449 e. The van der Waals surface area contributed by atoms with Crippen LogP contribution in [0.5, 0.6) is 0 Å². The highest BCUT2D eigenvalue weighted by molar-refractivity contribution is 6.33. The van der Waals surface area contributed by atoms with E-state index in [4.69, 9.17) is 16.3 Å². The van der Waals surface area contributed by atoms with Gasteiger partial charge in [0.25, 0.3) is 5.91 Å². The summed E-state index contributed by atoms with van der Waals surface area (Å²) in [6.07, 6.45) is -0.922. The van der Waals surface area contributed by atoms with Crippen LogP contribution >= 0.6 is 11.6 Å². The standard InChI is InChI=1S/C16H14ClNO3/c1-11(21-16(20)12-7-3-2-4-8-12)15(19)18-14-10-6-5-9-13(14)17/h2-11H,1H3,(H,18,19)/t11-/m0/s1. The van der Waals surface area contributed by atoms with E-state index in [-0.39, 0.29) is 0 Å². The molecule has 108 valence electrons. The summed E-state index contributed by atoms with van der Waals surface area (Å²) >= 11 is 5.95. The number of carbonyl (C=O) groups is 2. The molecule has 0 aliphatic rings. The molecule has 1 N–H and O–H groups in total. The van der Waals surface area contributed by atoms with Crippen molar-refractivity contribution in [1.29, 1.82) is 0 Å². The normalized spacial score (nSPS) is 11.5. The van der Waals surface area contributed by atoms with Crippen molar-refractivity contribution in [2.24, 2.45) is 0 Å². The van der Waals surface area contributed by atoms with Gasteiger partial charge in [0.1, 0.15) is 0 Å². The van der Waals surface area contributed by atoms with Crippen LogP contribution in [0.25, 0.3) is 0 Å². The Balaban J connectivity index is 1.97. The number of hydrogen-bond donors (Lipinski definition) is 1. The van der Waals surface area contributed by atoms with E-state index in [1.165, 1.54) is 6.92 Å². The van der Waals surface area contributed by atoms with E-state index in [9.17, 15) is 9.59 Å². The number of hydrogen-bond acceptors (Lipinski definition) is 3. The highest BCUT2D eigenvalue weighted by Gasteiger charge is 2.19. The molecule has 2 aromatic carbocycles. The molecule has 4 nitrogen and oxygen atoms in total. The Morgan fingerprint density at radius 3 is 2.33 bits per heavy atom. The van der Waals surface area contributed by atoms with Crippen molar-refractivity contribution in [2.75, 3.05) is 5.32 Å². The van der Waals surface area contributed by atoms with Crippen LogP contribution in [-0.2, 0) is 9.53 Å². The van der Waals surface area contributed by atoms with Crippen molar-refractivity contribution in [3.8, 4) is 0 Å². The Morgan fingerprint density at radius 1 is 1.05 bits per heavy atom. The van der Waals surface area contributed by atoms with Gasteiger partial charge >= 0.3 is 5.97 Å². The lowest BCUT2D eigenvalue weighted by Gasteiger charge is -2.14. The average Bonchev–Trinajstić information content (AvgIpc) is 2.50. The van der Waals surface area contributed by atoms with E-state index in [0.29, 0.717) is 16.3 Å². The predicted octanol–water partition coefficient (Wildman–Crippen LogP) is 3.52. The van der Waals surface area contributed by atoms with Crippen LogP contribution in [0, 0.1) is 0 Å². The molecule has 0 spiro atoms. The summed E-state index contributed by atoms with van der Waals surface area (Å²) in [5, 5.41) is 3.04. The lowest BCUT2D eigenvalue weighted by atomic mass is 10.2. The smallest absolute Gasteiger partial charge is 0.338 e. The number of nitrogens with one attached hydrogen (secondary N) is 1. The van der Waals surface area contributed by atoms with Crippen molar-refractivity contribution in [3.05, 3.63) is 65.2 Å². The Kier molecular flexibility index (Phi) is 4.95. The van der Waals surface area contributed by atoms with E-state index >= 15 is 0 Å². The van der Waals surface area contributed by atoms with Gasteiger partial charge in [0.2, 0.25) is 0 Å². The van der Waals surface area contributed by atoms with Gasteiger partial charge in [0.15, 0.2) is 6.10 Å². The largest absolute Gasteiger partial charge is 0.449 e. The molecular weight excluding hydrogens is 290 g/mol. The Labute approximate surface area is 127 Å². The van der Waals surface area contributed by atoms with Crippen molar-refractivity contribution in [1.82, 2.24) is 0 Å². The molecule has 0 aromatic heterocycles. The third kappa shape index (κ3) is 4.07. The van der Waals surface area contributed by atoms with E-state index in [1.54, 1.807) is 54.6 Å². The zero-order valence-electron chi connectivity index (χ0n) is 11.4. The van der Waals surface area contributed by atoms with Gasteiger partial charge in [-0.3, -0.25) is 4.79 Å². The van der Waals surface area contributed by atoms with Crippen LogP contribution in [0.4, 0.5) is 5.69 Å². The number of ether oxygens (including phenoxy) is 1. The van der Waals surface area contributed by atoms with Crippen LogP contribution in [0.15, 0.2) is 54.6 Å². The van der Waals surface area contributed by atoms with Crippen LogP contribution in [-0.4, -0.2) is 18.0 Å². The highest BCUT2D eigenvalue weighted by Crippen LogP contribution is 2.20. The molecular formula is C16H14ClNO3. The number of amides is 1. The number of esters is 1. The monoisotopic (exact) mass is 303 g/mol. The minimum absolute atomic E-state index is 0.398. The summed E-state index contributed by atoms with van der Waals surface area (Å²) in [7, 11) is 0. The van der Waals surface area contributed by atoms with Crippen LogP contribution in [0.1, 0.15) is 17.3 Å². The number of rotatable bonds is 4. The zero-order chi connectivity index (χ0) is 15.2. The van der Waals surface area contributed by atoms with E-state index in [2.05, 4.69) is 5.32 Å². The molecule has 2 aromatic rings. The summed E-state index contributed by atoms with van der Waals surface area (Å²) in [4.78, 5) is 23.8. The zero-order valence-corrected chi connectivity index (χ0v) is 12.1. The number of anilines is 1. The Bertz CT molecular complexity index is 643. The SMILES string of the molecule is C[C@H](OC(=O)c1ccccc1)C(=O)Nc1ccccc1Cl. The summed E-state index contributed by atoms with van der Waals surface area (Å²) in [6, 6.07) is 15.4. The molecule has 0 bridgehead atoms. The molecule has 0 radical (unpaired) electrons. The molecule has 0 aliphatic heterocycles. The molecule has 21 heavy (non-hydrogen) atoms. The van der Waals surface area contributed by atoms with Crippen molar-refractivity contribution in [3.63, 3.8) is 0 Å². The minimum atomic E-state index is -0.922. The highest BCUT2D eigenvalue weighted by atomic mass is 35.5. The number of halogens is 1.